The van der Waals surface area contributed by atoms with Crippen LogP contribution >= 0.6 is 0 Å². The van der Waals surface area contributed by atoms with Crippen LogP contribution in [0.1, 0.15) is 43.6 Å². The summed E-state index contributed by atoms with van der Waals surface area (Å²) >= 11 is 0. The molecule has 24 heavy (non-hydrogen) atoms. The van der Waals surface area contributed by atoms with Crippen molar-refractivity contribution in [2.75, 3.05) is 26.8 Å². The van der Waals surface area contributed by atoms with E-state index >= 15 is 0 Å². The van der Waals surface area contributed by atoms with Crippen molar-refractivity contribution >= 4 is 5.91 Å². The van der Waals surface area contributed by atoms with Crippen molar-refractivity contribution in [1.29, 1.82) is 0 Å². The Kier molecular flexibility index (Phi) is 6.80. The molecule has 1 aromatic heterocycles. The van der Waals surface area contributed by atoms with Gasteiger partial charge in [0.05, 0.1) is 24.9 Å². The molecule has 136 valence electrons. The number of rotatable bonds is 8. The molecule has 1 aromatic rings. The van der Waals surface area contributed by atoms with Crippen LogP contribution in [-0.4, -0.2) is 53.4 Å². The highest BCUT2D eigenvalue weighted by molar-refractivity contribution is 5.82. The third-order valence-electron chi connectivity index (χ3n) is 4.91. The first kappa shape index (κ1) is 18.9. The van der Waals surface area contributed by atoms with E-state index in [0.717, 1.165) is 36.6 Å². The third-order valence-corrected chi connectivity index (χ3v) is 4.91. The normalized spacial score (nSPS) is 16.8. The average molecular weight is 336 g/mol. The molecule has 0 radical (unpaired) electrons. The lowest BCUT2D eigenvalue weighted by atomic mass is 10.0. The molecule has 6 heteroatoms. The Morgan fingerprint density at radius 1 is 1.29 bits per heavy atom. The molecular formula is C18H32N4O2. The van der Waals surface area contributed by atoms with E-state index in [0.29, 0.717) is 19.1 Å². The van der Waals surface area contributed by atoms with Gasteiger partial charge in [-0.05, 0) is 45.7 Å². The Hall–Kier alpha value is -1.40. The highest BCUT2D eigenvalue weighted by atomic mass is 16.5. The largest absolute Gasteiger partial charge is 0.383 e. The summed E-state index contributed by atoms with van der Waals surface area (Å²) in [6.45, 7) is 12.3. The van der Waals surface area contributed by atoms with Gasteiger partial charge < -0.3 is 10.1 Å². The lowest BCUT2D eigenvalue weighted by Crippen LogP contribution is -2.48. The molecule has 1 atom stereocenters. The zero-order valence-electron chi connectivity index (χ0n) is 15.8. The smallest absolute Gasteiger partial charge is 0.237 e. The Morgan fingerprint density at radius 3 is 2.54 bits per heavy atom. The predicted molar refractivity (Wildman–Crippen MR) is 94.9 cm³/mol. The number of likely N-dealkylation sites (tertiary alicyclic amines) is 1. The minimum Gasteiger partial charge on any atom is -0.383 e. The van der Waals surface area contributed by atoms with E-state index in [1.165, 1.54) is 12.8 Å². The SMILES string of the molecule is COCCn1nc(C)c(CNC(=O)C(C(C)C)N2CCCC2)c1C. The highest BCUT2D eigenvalue weighted by Gasteiger charge is 2.30. The molecule has 1 aliphatic rings. The Balaban J connectivity index is 2.01. The summed E-state index contributed by atoms with van der Waals surface area (Å²) < 4.78 is 7.09. The molecule has 1 amide bonds. The number of nitrogens with zero attached hydrogens (tertiary/aromatic N) is 3. The second kappa shape index (κ2) is 8.62. The van der Waals surface area contributed by atoms with Crippen LogP contribution in [0.2, 0.25) is 0 Å². The molecule has 2 heterocycles. The van der Waals surface area contributed by atoms with Crippen LogP contribution in [0.5, 0.6) is 0 Å². The van der Waals surface area contributed by atoms with Crippen LogP contribution in [0.25, 0.3) is 0 Å². The Morgan fingerprint density at radius 2 is 1.96 bits per heavy atom. The fraction of sp³-hybridized carbons (Fsp3) is 0.778. The molecule has 1 saturated heterocycles. The number of hydrogen-bond donors (Lipinski definition) is 1. The van der Waals surface area contributed by atoms with Gasteiger partial charge in [-0.2, -0.15) is 5.10 Å². The molecule has 1 fully saturated rings. The fourth-order valence-corrected chi connectivity index (χ4v) is 3.58. The van der Waals surface area contributed by atoms with Gasteiger partial charge in [-0.25, -0.2) is 0 Å². The average Bonchev–Trinajstić information content (AvgIpc) is 3.13. The molecule has 6 nitrogen and oxygen atoms in total. The van der Waals surface area contributed by atoms with Crippen LogP contribution in [0.15, 0.2) is 0 Å². The number of aryl methyl sites for hydroxylation is 1. The molecule has 2 rings (SSSR count). The molecular weight excluding hydrogens is 304 g/mol. The highest BCUT2D eigenvalue weighted by Crippen LogP contribution is 2.19. The van der Waals surface area contributed by atoms with Gasteiger partial charge in [0.1, 0.15) is 0 Å². The van der Waals surface area contributed by atoms with Crippen LogP contribution in [0, 0.1) is 19.8 Å². The number of carbonyl (C=O) groups is 1. The summed E-state index contributed by atoms with van der Waals surface area (Å²) in [4.78, 5) is 15.1. The number of ether oxygens (including phenoxy) is 1. The van der Waals surface area contributed by atoms with Crippen LogP contribution in [0.4, 0.5) is 0 Å². The third kappa shape index (κ3) is 4.36. The maximum absolute atomic E-state index is 12.7. The maximum Gasteiger partial charge on any atom is 0.237 e. The molecule has 1 unspecified atom stereocenters. The van der Waals surface area contributed by atoms with Gasteiger partial charge in [-0.15, -0.1) is 0 Å². The van der Waals surface area contributed by atoms with Crippen molar-refractivity contribution in [3.8, 4) is 0 Å². The number of methoxy groups -OCH3 is 1. The van der Waals surface area contributed by atoms with Crippen LogP contribution < -0.4 is 5.32 Å². The zero-order chi connectivity index (χ0) is 17.7. The molecule has 0 spiro atoms. The lowest BCUT2D eigenvalue weighted by Gasteiger charge is -2.29. The predicted octanol–water partition coefficient (Wildman–Crippen LogP) is 1.88. The quantitative estimate of drug-likeness (QED) is 0.787. The number of amides is 1. The monoisotopic (exact) mass is 336 g/mol. The summed E-state index contributed by atoms with van der Waals surface area (Å²) in [5.41, 5.74) is 3.20. The van der Waals surface area contributed by atoms with Gasteiger partial charge in [0.2, 0.25) is 5.91 Å². The van der Waals surface area contributed by atoms with Gasteiger partial charge in [-0.1, -0.05) is 13.8 Å². The minimum absolute atomic E-state index is 0.0309. The van der Waals surface area contributed by atoms with E-state index in [2.05, 4.69) is 36.1 Å². The van der Waals surface area contributed by atoms with E-state index < -0.39 is 0 Å². The Bertz CT molecular complexity index is 547. The molecule has 0 aromatic carbocycles. The maximum atomic E-state index is 12.7. The number of nitrogens with one attached hydrogen (secondary N) is 1. The summed E-state index contributed by atoms with van der Waals surface area (Å²) in [6.07, 6.45) is 2.39. The van der Waals surface area contributed by atoms with Gasteiger partial charge in [0.15, 0.2) is 0 Å². The summed E-state index contributed by atoms with van der Waals surface area (Å²) in [7, 11) is 1.69. The van der Waals surface area contributed by atoms with Crippen LogP contribution in [0.3, 0.4) is 0 Å². The van der Waals surface area contributed by atoms with Crippen molar-refractivity contribution in [1.82, 2.24) is 20.0 Å². The molecule has 0 saturated carbocycles. The zero-order valence-corrected chi connectivity index (χ0v) is 15.8. The van der Waals surface area contributed by atoms with Crippen molar-refractivity contribution in [2.24, 2.45) is 5.92 Å². The number of hydrogen-bond acceptors (Lipinski definition) is 4. The van der Waals surface area contributed by atoms with E-state index in [4.69, 9.17) is 4.74 Å². The lowest BCUT2D eigenvalue weighted by molar-refractivity contribution is -0.127. The van der Waals surface area contributed by atoms with Crippen molar-refractivity contribution in [3.63, 3.8) is 0 Å². The Labute approximate surface area is 145 Å². The van der Waals surface area contributed by atoms with E-state index in [-0.39, 0.29) is 11.9 Å². The first-order valence-corrected chi connectivity index (χ1v) is 8.99. The van der Waals surface area contributed by atoms with Gasteiger partial charge >= 0.3 is 0 Å². The molecule has 0 bridgehead atoms. The topological polar surface area (TPSA) is 59.4 Å². The first-order valence-electron chi connectivity index (χ1n) is 8.99. The second-order valence-electron chi connectivity index (χ2n) is 7.02. The van der Waals surface area contributed by atoms with Crippen molar-refractivity contribution in [3.05, 3.63) is 17.0 Å². The van der Waals surface area contributed by atoms with E-state index in [1.807, 2.05) is 11.6 Å². The fourth-order valence-electron chi connectivity index (χ4n) is 3.58. The van der Waals surface area contributed by atoms with Gasteiger partial charge in [0.25, 0.3) is 0 Å². The second-order valence-corrected chi connectivity index (χ2v) is 7.02. The summed E-state index contributed by atoms with van der Waals surface area (Å²) in [6, 6.07) is -0.0309. The first-order chi connectivity index (χ1) is 11.5. The molecule has 1 N–H and O–H groups in total. The summed E-state index contributed by atoms with van der Waals surface area (Å²) in [5, 5.41) is 7.70. The summed E-state index contributed by atoms with van der Waals surface area (Å²) in [5.74, 6) is 0.449. The minimum atomic E-state index is -0.0309. The molecule has 1 aliphatic heterocycles. The van der Waals surface area contributed by atoms with Crippen molar-refractivity contribution < 1.29 is 9.53 Å². The number of carbonyl (C=O) groups excluding carboxylic acids is 1. The number of aromatic nitrogens is 2. The van der Waals surface area contributed by atoms with Gasteiger partial charge in [-0.3, -0.25) is 14.4 Å². The van der Waals surface area contributed by atoms with Gasteiger partial charge in [0, 0.05) is 24.9 Å². The molecule has 0 aliphatic carbocycles. The van der Waals surface area contributed by atoms with Crippen molar-refractivity contribution in [2.45, 2.75) is 59.7 Å². The van der Waals surface area contributed by atoms with E-state index in [9.17, 15) is 4.79 Å². The van der Waals surface area contributed by atoms with E-state index in [1.54, 1.807) is 7.11 Å². The standard InChI is InChI=1S/C18H32N4O2/c1-13(2)17(21-8-6-7-9-21)18(23)19-12-16-14(3)20-22(15(16)4)10-11-24-5/h13,17H,6-12H2,1-5H3,(H,19,23). The van der Waals surface area contributed by atoms with Crippen LogP contribution in [-0.2, 0) is 22.6 Å².